The Bertz CT molecular complexity index is 1750. The average molecular weight is 594 g/mol. The van der Waals surface area contributed by atoms with Crippen LogP contribution in [0.2, 0.25) is 0 Å². The number of benzene rings is 3. The number of halogens is 9. The number of pyridine rings is 1. The molecule has 1 amide bonds. The summed E-state index contributed by atoms with van der Waals surface area (Å²) in [6.45, 7) is 0. The molecule has 5 nitrogen and oxygen atoms in total. The second-order valence-corrected chi connectivity index (χ2v) is 8.19. The van der Waals surface area contributed by atoms with Crippen molar-refractivity contribution >= 4 is 17.7 Å². The van der Waals surface area contributed by atoms with Crippen molar-refractivity contribution in [3.8, 4) is 17.6 Å². The van der Waals surface area contributed by atoms with Crippen molar-refractivity contribution in [2.45, 2.75) is 6.18 Å². The zero-order valence-electron chi connectivity index (χ0n) is 20.3. The minimum atomic E-state index is -4.92. The van der Waals surface area contributed by atoms with Crippen LogP contribution in [-0.4, -0.2) is 16.9 Å². The van der Waals surface area contributed by atoms with Crippen molar-refractivity contribution in [1.82, 2.24) is 4.98 Å². The Labute approximate surface area is 229 Å². The van der Waals surface area contributed by atoms with Crippen LogP contribution in [-0.2, 0) is 6.18 Å². The van der Waals surface area contributed by atoms with Gasteiger partial charge >= 0.3 is 12.1 Å². The fourth-order valence-electron chi connectivity index (χ4n) is 3.43. The van der Waals surface area contributed by atoms with E-state index in [2.05, 4.69) is 26.9 Å². The fraction of sp³-hybridized carbons (Fsp3) is 0.0357. The molecule has 0 aliphatic rings. The van der Waals surface area contributed by atoms with E-state index in [1.807, 2.05) is 0 Å². The van der Waals surface area contributed by atoms with Gasteiger partial charge in [0.15, 0.2) is 0 Å². The molecule has 1 N–H and O–H groups in total. The van der Waals surface area contributed by atoms with E-state index >= 15 is 0 Å². The molecule has 0 saturated heterocycles. The summed E-state index contributed by atoms with van der Waals surface area (Å²) in [4.78, 5) is 28.8. The van der Waals surface area contributed by atoms with Crippen LogP contribution in [0.15, 0.2) is 60.8 Å². The van der Waals surface area contributed by atoms with E-state index in [1.54, 1.807) is 0 Å². The number of nitrogens with zero attached hydrogens (tertiary/aromatic N) is 1. The van der Waals surface area contributed by atoms with Gasteiger partial charge in [0.2, 0.25) is 34.8 Å². The number of hydrogen-bond donors (Lipinski definition) is 1. The number of anilines is 1. The predicted molar refractivity (Wildman–Crippen MR) is 127 cm³/mol. The van der Waals surface area contributed by atoms with Gasteiger partial charge in [0, 0.05) is 17.3 Å². The van der Waals surface area contributed by atoms with Crippen LogP contribution >= 0.6 is 0 Å². The minimum absolute atomic E-state index is 0.0304. The molecule has 0 aliphatic heterocycles. The number of esters is 1. The van der Waals surface area contributed by atoms with Gasteiger partial charge in [-0.1, -0.05) is 17.9 Å². The number of alkyl halides is 3. The Morgan fingerprint density at radius 3 is 2.02 bits per heavy atom. The third-order valence-electron chi connectivity index (χ3n) is 5.33. The summed E-state index contributed by atoms with van der Waals surface area (Å²) < 4.78 is 127. The second-order valence-electron chi connectivity index (χ2n) is 8.19. The molecule has 0 radical (unpaired) electrons. The van der Waals surface area contributed by atoms with Gasteiger partial charge in [0.25, 0.3) is 5.91 Å². The molecule has 1 aromatic heterocycles. The molecule has 0 unspecified atom stereocenters. The minimum Gasteiger partial charge on any atom is -0.416 e. The van der Waals surface area contributed by atoms with Gasteiger partial charge in [-0.15, -0.1) is 0 Å². The number of amides is 1. The number of rotatable bonds is 4. The lowest BCUT2D eigenvalue weighted by molar-refractivity contribution is -0.137. The zero-order valence-corrected chi connectivity index (χ0v) is 20.3. The lowest BCUT2D eigenvalue weighted by Crippen LogP contribution is -2.19. The second kappa shape index (κ2) is 11.7. The Kier molecular flexibility index (Phi) is 8.23. The topological polar surface area (TPSA) is 68.3 Å². The SMILES string of the molecule is O=C(Oc1c(F)c(F)c(F)c(F)c1F)c1cc(F)cc(C#Cc2ccc(C(F)(F)F)c(C(=O)Nc3ccccn3)c2)c1. The lowest BCUT2D eigenvalue weighted by atomic mass is 10.0. The van der Waals surface area contributed by atoms with E-state index in [9.17, 15) is 49.1 Å². The van der Waals surface area contributed by atoms with E-state index in [1.165, 1.54) is 24.4 Å². The highest BCUT2D eigenvalue weighted by atomic mass is 19.4. The predicted octanol–water partition coefficient (Wildman–Crippen LogP) is 6.81. The maximum atomic E-state index is 14.2. The van der Waals surface area contributed by atoms with Gasteiger partial charge in [-0.05, 0) is 48.5 Å². The molecule has 4 aromatic rings. The molecule has 4 rings (SSSR count). The van der Waals surface area contributed by atoms with Crippen molar-refractivity contribution in [3.63, 3.8) is 0 Å². The van der Waals surface area contributed by atoms with E-state index in [4.69, 9.17) is 0 Å². The summed E-state index contributed by atoms with van der Waals surface area (Å²) in [5.74, 6) is -13.4. The Balaban J connectivity index is 1.65. The van der Waals surface area contributed by atoms with Gasteiger partial charge < -0.3 is 10.1 Å². The van der Waals surface area contributed by atoms with Crippen LogP contribution in [0, 0.1) is 46.7 Å². The standard InChI is InChI=1S/C28H11F9N2O3/c29-16-10-14(9-15(12-16)27(41)42-25-23(33)21(31)20(30)22(32)24(25)34)5-4-13-6-7-18(28(35,36)37)17(11-13)26(40)39-19-3-1-2-8-38-19/h1-3,6-12H,(H,38,39,40). The molecule has 14 heteroatoms. The van der Waals surface area contributed by atoms with Crippen LogP contribution in [0.5, 0.6) is 5.75 Å². The highest BCUT2D eigenvalue weighted by Crippen LogP contribution is 2.33. The molecule has 42 heavy (non-hydrogen) atoms. The molecule has 3 aromatic carbocycles. The summed E-state index contributed by atoms with van der Waals surface area (Å²) in [7, 11) is 0. The summed E-state index contributed by atoms with van der Waals surface area (Å²) in [6, 6.07) is 8.77. The van der Waals surface area contributed by atoms with Gasteiger partial charge in [-0.25, -0.2) is 27.3 Å². The van der Waals surface area contributed by atoms with Gasteiger partial charge in [-0.2, -0.15) is 22.0 Å². The number of ether oxygens (including phenoxy) is 1. The zero-order chi connectivity index (χ0) is 30.8. The first-order chi connectivity index (χ1) is 19.8. The first-order valence-electron chi connectivity index (χ1n) is 11.3. The Morgan fingerprint density at radius 2 is 1.40 bits per heavy atom. The van der Waals surface area contributed by atoms with Crippen LogP contribution < -0.4 is 10.1 Å². The van der Waals surface area contributed by atoms with Crippen LogP contribution in [0.4, 0.5) is 45.3 Å². The molecule has 0 saturated carbocycles. The molecule has 0 fully saturated rings. The molecule has 0 spiro atoms. The summed E-state index contributed by atoms with van der Waals surface area (Å²) in [5.41, 5.74) is -3.31. The number of carbonyl (C=O) groups excluding carboxylic acids is 2. The first-order valence-corrected chi connectivity index (χ1v) is 11.3. The van der Waals surface area contributed by atoms with Gasteiger partial charge in [0.1, 0.15) is 11.6 Å². The number of nitrogens with one attached hydrogen (secondary N) is 1. The Morgan fingerprint density at radius 1 is 0.762 bits per heavy atom. The average Bonchev–Trinajstić information content (AvgIpc) is 2.95. The van der Waals surface area contributed by atoms with E-state index in [0.29, 0.717) is 12.1 Å². The van der Waals surface area contributed by atoms with Gasteiger partial charge in [0.05, 0.1) is 16.7 Å². The molecule has 0 bridgehead atoms. The molecule has 0 atom stereocenters. The molecular formula is C28H11F9N2O3. The van der Waals surface area contributed by atoms with Crippen LogP contribution in [0.3, 0.4) is 0 Å². The molecular weight excluding hydrogens is 583 g/mol. The van der Waals surface area contributed by atoms with Crippen molar-refractivity contribution in [2.24, 2.45) is 0 Å². The molecule has 1 heterocycles. The summed E-state index contributed by atoms with van der Waals surface area (Å²) in [6.07, 6.45) is -3.62. The largest absolute Gasteiger partial charge is 0.417 e. The third kappa shape index (κ3) is 6.35. The van der Waals surface area contributed by atoms with Crippen molar-refractivity contribution in [1.29, 1.82) is 0 Å². The van der Waals surface area contributed by atoms with Crippen LogP contribution in [0.1, 0.15) is 37.4 Å². The van der Waals surface area contributed by atoms with E-state index in [0.717, 1.165) is 24.3 Å². The molecule has 214 valence electrons. The fourth-order valence-corrected chi connectivity index (χ4v) is 3.43. The normalized spacial score (nSPS) is 11.0. The maximum Gasteiger partial charge on any atom is 0.417 e. The highest BCUT2D eigenvalue weighted by molar-refractivity contribution is 6.05. The monoisotopic (exact) mass is 594 g/mol. The summed E-state index contributed by atoms with van der Waals surface area (Å²) >= 11 is 0. The third-order valence-corrected chi connectivity index (χ3v) is 5.33. The van der Waals surface area contributed by atoms with Crippen molar-refractivity contribution in [3.05, 3.63) is 124 Å². The smallest absolute Gasteiger partial charge is 0.416 e. The number of hydrogen-bond acceptors (Lipinski definition) is 4. The summed E-state index contributed by atoms with van der Waals surface area (Å²) in [5, 5.41) is 2.22. The number of carbonyl (C=O) groups is 2. The number of aromatic nitrogens is 1. The highest BCUT2D eigenvalue weighted by Gasteiger charge is 2.35. The lowest BCUT2D eigenvalue weighted by Gasteiger charge is -2.13. The quantitative estimate of drug-likeness (QED) is 0.0705. The first kappa shape index (κ1) is 29.7. The van der Waals surface area contributed by atoms with Crippen LogP contribution in [0.25, 0.3) is 0 Å². The van der Waals surface area contributed by atoms with E-state index < -0.39 is 75.4 Å². The molecule has 0 aliphatic carbocycles. The Hall–Kier alpha value is -5.32. The van der Waals surface area contributed by atoms with Crippen molar-refractivity contribution in [2.75, 3.05) is 5.32 Å². The van der Waals surface area contributed by atoms with Gasteiger partial charge in [-0.3, -0.25) is 4.79 Å². The maximum absolute atomic E-state index is 14.2. The van der Waals surface area contributed by atoms with Crippen molar-refractivity contribution < 1.29 is 53.8 Å². The van der Waals surface area contributed by atoms with E-state index in [-0.39, 0.29) is 16.9 Å².